The van der Waals surface area contributed by atoms with Crippen LogP contribution in [0, 0.1) is 17.2 Å². The quantitative estimate of drug-likeness (QED) is 0.639. The van der Waals surface area contributed by atoms with E-state index in [2.05, 4.69) is 27.2 Å². The third kappa shape index (κ3) is 3.16. The summed E-state index contributed by atoms with van der Waals surface area (Å²) in [6.07, 6.45) is 7.91. The van der Waals surface area contributed by atoms with Crippen molar-refractivity contribution in [2.75, 3.05) is 0 Å². The zero-order valence-electron chi connectivity index (χ0n) is 15.8. The Morgan fingerprint density at radius 2 is 2.17 bits per heavy atom. The molecule has 1 saturated heterocycles. The molecular formula is C22H21N5O2. The molecule has 7 nitrogen and oxygen atoms in total. The predicted octanol–water partition coefficient (Wildman–Crippen LogP) is 2.82. The van der Waals surface area contributed by atoms with E-state index >= 15 is 0 Å². The lowest BCUT2D eigenvalue weighted by atomic mass is 9.77. The van der Waals surface area contributed by atoms with Crippen LogP contribution >= 0.6 is 0 Å². The SMILES string of the molecule is N#Cc1ccc(C(=O)NC2CCC3NNC(c4ccoc4)C3C2)c2ncccc12. The summed E-state index contributed by atoms with van der Waals surface area (Å²) in [4.78, 5) is 17.4. The number of furan rings is 1. The summed E-state index contributed by atoms with van der Waals surface area (Å²) in [6, 6.07) is 11.8. The summed E-state index contributed by atoms with van der Waals surface area (Å²) in [5.41, 5.74) is 9.50. The first-order chi connectivity index (χ1) is 14.2. The van der Waals surface area contributed by atoms with Gasteiger partial charge in [-0.25, -0.2) is 5.43 Å². The number of amides is 1. The lowest BCUT2D eigenvalue weighted by Gasteiger charge is -2.33. The number of rotatable bonds is 3. The molecule has 146 valence electrons. The minimum atomic E-state index is -0.139. The molecule has 1 saturated carbocycles. The molecule has 2 fully saturated rings. The van der Waals surface area contributed by atoms with Crippen LogP contribution in [0.3, 0.4) is 0 Å². The fourth-order valence-corrected chi connectivity index (χ4v) is 4.69. The molecule has 1 aliphatic heterocycles. The Kier molecular flexibility index (Phi) is 4.51. The van der Waals surface area contributed by atoms with Crippen LogP contribution in [0.25, 0.3) is 10.9 Å². The first kappa shape index (κ1) is 17.9. The number of hydrogen-bond acceptors (Lipinski definition) is 6. The Balaban J connectivity index is 1.35. The van der Waals surface area contributed by atoms with Gasteiger partial charge in [0.25, 0.3) is 5.91 Å². The smallest absolute Gasteiger partial charge is 0.253 e. The van der Waals surface area contributed by atoms with Crippen LogP contribution in [0.2, 0.25) is 0 Å². The molecule has 0 radical (unpaired) electrons. The molecule has 3 N–H and O–H groups in total. The number of nitrogens with zero attached hydrogens (tertiary/aromatic N) is 2. The monoisotopic (exact) mass is 387 g/mol. The van der Waals surface area contributed by atoms with Crippen molar-refractivity contribution in [1.29, 1.82) is 5.26 Å². The predicted molar refractivity (Wildman–Crippen MR) is 107 cm³/mol. The number of hydrazine groups is 1. The number of aromatic nitrogens is 1. The molecule has 0 spiro atoms. The number of fused-ring (bicyclic) bond motifs is 2. The van der Waals surface area contributed by atoms with E-state index in [0.717, 1.165) is 24.8 Å². The van der Waals surface area contributed by atoms with E-state index in [-0.39, 0.29) is 18.0 Å². The lowest BCUT2D eigenvalue weighted by Crippen LogP contribution is -2.44. The van der Waals surface area contributed by atoms with E-state index in [1.807, 2.05) is 12.1 Å². The molecule has 1 amide bonds. The Labute approximate surface area is 168 Å². The summed E-state index contributed by atoms with van der Waals surface area (Å²) in [7, 11) is 0. The molecule has 2 aromatic heterocycles. The molecule has 2 aliphatic rings. The zero-order chi connectivity index (χ0) is 19.8. The van der Waals surface area contributed by atoms with Gasteiger partial charge in [-0.2, -0.15) is 5.26 Å². The highest BCUT2D eigenvalue weighted by atomic mass is 16.3. The molecule has 1 aromatic carbocycles. The summed E-state index contributed by atoms with van der Waals surface area (Å²) in [5, 5.41) is 13.2. The van der Waals surface area contributed by atoms with Gasteiger partial charge in [-0.3, -0.25) is 15.2 Å². The Morgan fingerprint density at radius 1 is 1.24 bits per heavy atom. The fraction of sp³-hybridized carbons (Fsp3) is 0.318. The largest absolute Gasteiger partial charge is 0.472 e. The van der Waals surface area contributed by atoms with Crippen LogP contribution in [0.15, 0.2) is 53.5 Å². The van der Waals surface area contributed by atoms with Crippen molar-refractivity contribution in [2.24, 2.45) is 5.92 Å². The van der Waals surface area contributed by atoms with Gasteiger partial charge in [0.05, 0.1) is 41.3 Å². The summed E-state index contributed by atoms with van der Waals surface area (Å²) >= 11 is 0. The standard InChI is InChI=1S/C22H21N5O2/c23-11-13-3-5-17(21-16(13)2-1-8-24-21)22(28)25-15-4-6-19-18(10-15)20(27-26-19)14-7-9-29-12-14/h1-3,5,7-9,12,15,18-20,26-27H,4,6,10H2,(H,25,28). The molecule has 3 heterocycles. The number of carbonyl (C=O) groups excluding carboxylic acids is 1. The third-order valence-electron chi connectivity index (χ3n) is 6.12. The number of nitrogens with one attached hydrogen (secondary N) is 3. The van der Waals surface area contributed by atoms with Crippen molar-refractivity contribution in [2.45, 2.75) is 37.4 Å². The summed E-state index contributed by atoms with van der Waals surface area (Å²) in [6.45, 7) is 0. The molecule has 1 aliphatic carbocycles. The average Bonchev–Trinajstić information content (AvgIpc) is 3.42. The third-order valence-corrected chi connectivity index (χ3v) is 6.12. The van der Waals surface area contributed by atoms with Crippen LogP contribution in [-0.2, 0) is 0 Å². The maximum atomic E-state index is 13.0. The maximum absolute atomic E-state index is 13.0. The first-order valence-corrected chi connectivity index (χ1v) is 9.86. The molecule has 4 unspecified atom stereocenters. The van der Waals surface area contributed by atoms with Gasteiger partial charge in [0.1, 0.15) is 0 Å². The van der Waals surface area contributed by atoms with Crippen molar-refractivity contribution in [3.05, 3.63) is 65.7 Å². The van der Waals surface area contributed by atoms with Crippen molar-refractivity contribution >= 4 is 16.8 Å². The van der Waals surface area contributed by atoms with E-state index in [1.165, 1.54) is 0 Å². The lowest BCUT2D eigenvalue weighted by molar-refractivity contribution is 0.0916. The van der Waals surface area contributed by atoms with Crippen LogP contribution in [0.1, 0.15) is 46.8 Å². The summed E-state index contributed by atoms with van der Waals surface area (Å²) < 4.78 is 5.25. The van der Waals surface area contributed by atoms with Crippen molar-refractivity contribution in [3.63, 3.8) is 0 Å². The second kappa shape index (κ2) is 7.32. The highest BCUT2D eigenvalue weighted by Gasteiger charge is 2.41. The molecule has 3 aromatic rings. The number of benzene rings is 1. The zero-order valence-corrected chi connectivity index (χ0v) is 15.8. The molecule has 5 rings (SSSR count). The number of carbonyl (C=O) groups is 1. The van der Waals surface area contributed by atoms with Crippen LogP contribution < -0.4 is 16.2 Å². The van der Waals surface area contributed by atoms with Crippen molar-refractivity contribution < 1.29 is 9.21 Å². The van der Waals surface area contributed by atoms with Crippen LogP contribution in [-0.4, -0.2) is 23.0 Å². The van der Waals surface area contributed by atoms with E-state index < -0.39 is 0 Å². The average molecular weight is 387 g/mol. The Bertz CT molecular complexity index is 1090. The number of pyridine rings is 1. The van der Waals surface area contributed by atoms with Gasteiger partial charge in [0.2, 0.25) is 0 Å². The van der Waals surface area contributed by atoms with Crippen LogP contribution in [0.5, 0.6) is 0 Å². The first-order valence-electron chi connectivity index (χ1n) is 9.86. The van der Waals surface area contributed by atoms with E-state index in [9.17, 15) is 10.1 Å². The van der Waals surface area contributed by atoms with Gasteiger partial charge in [-0.05, 0) is 55.5 Å². The number of nitriles is 1. The van der Waals surface area contributed by atoms with E-state index in [4.69, 9.17) is 4.42 Å². The highest BCUT2D eigenvalue weighted by Crippen LogP contribution is 2.38. The van der Waals surface area contributed by atoms with Crippen molar-refractivity contribution in [1.82, 2.24) is 21.2 Å². The number of hydrogen-bond donors (Lipinski definition) is 3. The molecular weight excluding hydrogens is 366 g/mol. The molecule has 7 heteroatoms. The Hall–Kier alpha value is -3.21. The second-order valence-corrected chi connectivity index (χ2v) is 7.75. The minimum absolute atomic E-state index is 0.0919. The van der Waals surface area contributed by atoms with Gasteiger partial charge in [-0.1, -0.05) is 0 Å². The Morgan fingerprint density at radius 3 is 3.00 bits per heavy atom. The van der Waals surface area contributed by atoms with Gasteiger partial charge < -0.3 is 9.73 Å². The van der Waals surface area contributed by atoms with Gasteiger partial charge in [0.15, 0.2) is 0 Å². The molecule has 0 bridgehead atoms. The maximum Gasteiger partial charge on any atom is 0.253 e. The normalized spacial score (nSPS) is 26.0. The minimum Gasteiger partial charge on any atom is -0.472 e. The highest BCUT2D eigenvalue weighted by molar-refractivity contribution is 6.06. The van der Waals surface area contributed by atoms with Crippen molar-refractivity contribution in [3.8, 4) is 6.07 Å². The van der Waals surface area contributed by atoms with Gasteiger partial charge in [0, 0.05) is 29.2 Å². The van der Waals surface area contributed by atoms with E-state index in [1.54, 1.807) is 36.9 Å². The summed E-state index contributed by atoms with van der Waals surface area (Å²) in [5.74, 6) is 0.239. The molecule has 4 atom stereocenters. The molecule has 29 heavy (non-hydrogen) atoms. The van der Waals surface area contributed by atoms with E-state index in [0.29, 0.717) is 34.0 Å². The van der Waals surface area contributed by atoms with Gasteiger partial charge >= 0.3 is 0 Å². The van der Waals surface area contributed by atoms with Gasteiger partial charge in [-0.15, -0.1) is 0 Å². The van der Waals surface area contributed by atoms with Crippen LogP contribution in [0.4, 0.5) is 0 Å². The topological polar surface area (TPSA) is 103 Å². The fourth-order valence-electron chi connectivity index (χ4n) is 4.69. The second-order valence-electron chi connectivity index (χ2n) is 7.75.